The van der Waals surface area contributed by atoms with Gasteiger partial charge in [-0.25, -0.2) is 4.79 Å². The van der Waals surface area contributed by atoms with Gasteiger partial charge >= 0.3 is 6.03 Å². The third-order valence-corrected chi connectivity index (χ3v) is 6.08. The molecule has 0 spiro atoms. The molecule has 3 rings (SSSR count). The third kappa shape index (κ3) is 7.19. The van der Waals surface area contributed by atoms with E-state index in [4.69, 9.17) is 5.73 Å². The monoisotopic (exact) mass is 457 g/mol. The molecule has 0 fully saturated rings. The number of nitrogens with one attached hydrogen (secondary N) is 1. The van der Waals surface area contributed by atoms with E-state index in [1.807, 2.05) is 49.4 Å². The molecule has 4 heteroatoms. The van der Waals surface area contributed by atoms with E-state index in [2.05, 4.69) is 62.5 Å². The Morgan fingerprint density at radius 3 is 2.03 bits per heavy atom. The molecule has 180 valence electrons. The molecule has 0 unspecified atom stereocenters. The largest absolute Gasteiger partial charge is 0.331 e. The number of nitrogens with two attached hydrogens (primary N) is 1. The Kier molecular flexibility index (Phi) is 9.29. The first-order chi connectivity index (χ1) is 16.4. The molecule has 4 nitrogen and oxygen atoms in total. The molecular formula is C30H39N3O. The van der Waals surface area contributed by atoms with Crippen LogP contribution in [0, 0.1) is 5.92 Å². The zero-order valence-corrected chi connectivity index (χ0v) is 21.0. The number of rotatable bonds is 10. The van der Waals surface area contributed by atoms with Gasteiger partial charge in [0.15, 0.2) is 0 Å². The van der Waals surface area contributed by atoms with Crippen LogP contribution in [0.15, 0.2) is 78.9 Å². The summed E-state index contributed by atoms with van der Waals surface area (Å²) in [4.78, 5) is 15.1. The third-order valence-electron chi connectivity index (χ3n) is 6.08. The maximum atomic E-state index is 13.4. The van der Waals surface area contributed by atoms with Crippen molar-refractivity contribution in [3.63, 3.8) is 0 Å². The molecule has 2 amide bonds. The summed E-state index contributed by atoms with van der Waals surface area (Å²) in [7, 11) is 0. The van der Waals surface area contributed by atoms with Crippen molar-refractivity contribution >= 4 is 11.7 Å². The second kappa shape index (κ2) is 12.4. The molecule has 3 aromatic rings. The van der Waals surface area contributed by atoms with Gasteiger partial charge in [0.25, 0.3) is 0 Å². The van der Waals surface area contributed by atoms with Crippen LogP contribution >= 0.6 is 0 Å². The van der Waals surface area contributed by atoms with Crippen LogP contribution in [0.4, 0.5) is 10.5 Å². The predicted octanol–water partition coefficient (Wildman–Crippen LogP) is 6.96. The molecule has 0 aromatic heterocycles. The summed E-state index contributed by atoms with van der Waals surface area (Å²) in [5, 5.41) is 3.15. The SMILES string of the molecule is CCCc1ccc(-c2ccc(N(C[C@H](N)CC(C)C)C(=O)N[C@@H](C)c3ccccc3)cc2)cc1. The highest BCUT2D eigenvalue weighted by atomic mass is 16.2. The summed E-state index contributed by atoms with van der Waals surface area (Å²) in [5.74, 6) is 0.473. The first-order valence-corrected chi connectivity index (χ1v) is 12.4. The molecule has 0 aliphatic carbocycles. The van der Waals surface area contributed by atoms with Gasteiger partial charge in [-0.05, 0) is 60.1 Å². The van der Waals surface area contributed by atoms with Gasteiger partial charge in [-0.1, -0.05) is 93.9 Å². The molecule has 3 aromatic carbocycles. The van der Waals surface area contributed by atoms with E-state index in [1.54, 1.807) is 4.90 Å². The number of nitrogens with zero attached hydrogens (tertiary/aromatic N) is 1. The molecule has 0 saturated carbocycles. The lowest BCUT2D eigenvalue weighted by atomic mass is 10.0. The lowest BCUT2D eigenvalue weighted by Gasteiger charge is -2.29. The molecular weight excluding hydrogens is 418 g/mol. The molecule has 0 aliphatic rings. The van der Waals surface area contributed by atoms with Crippen molar-refractivity contribution in [2.75, 3.05) is 11.4 Å². The number of aryl methyl sites for hydroxylation is 1. The fraction of sp³-hybridized carbons (Fsp3) is 0.367. The van der Waals surface area contributed by atoms with Crippen LogP contribution in [0.3, 0.4) is 0 Å². The van der Waals surface area contributed by atoms with Gasteiger partial charge in [0.1, 0.15) is 0 Å². The van der Waals surface area contributed by atoms with Gasteiger partial charge in [-0.3, -0.25) is 4.90 Å². The Hall–Kier alpha value is -3.11. The van der Waals surface area contributed by atoms with Crippen LogP contribution < -0.4 is 16.0 Å². The topological polar surface area (TPSA) is 58.4 Å². The van der Waals surface area contributed by atoms with Gasteiger partial charge in [0.05, 0.1) is 6.04 Å². The van der Waals surface area contributed by atoms with Crippen molar-refractivity contribution in [3.05, 3.63) is 90.0 Å². The number of urea groups is 1. The number of hydrogen-bond acceptors (Lipinski definition) is 2. The average Bonchev–Trinajstić information content (AvgIpc) is 2.83. The maximum Gasteiger partial charge on any atom is 0.322 e. The van der Waals surface area contributed by atoms with E-state index in [-0.39, 0.29) is 18.1 Å². The average molecular weight is 458 g/mol. The van der Waals surface area contributed by atoms with Crippen LogP contribution in [0.25, 0.3) is 11.1 Å². The van der Waals surface area contributed by atoms with Crippen molar-refractivity contribution in [1.29, 1.82) is 0 Å². The van der Waals surface area contributed by atoms with Gasteiger partial charge in [-0.2, -0.15) is 0 Å². The number of benzene rings is 3. The number of anilines is 1. The van der Waals surface area contributed by atoms with Gasteiger partial charge in [0, 0.05) is 18.3 Å². The van der Waals surface area contributed by atoms with Gasteiger partial charge in [-0.15, -0.1) is 0 Å². The van der Waals surface area contributed by atoms with Crippen molar-refractivity contribution in [1.82, 2.24) is 5.32 Å². The van der Waals surface area contributed by atoms with Crippen molar-refractivity contribution in [2.45, 2.75) is 59.0 Å². The predicted molar refractivity (Wildman–Crippen MR) is 144 cm³/mol. The second-order valence-corrected chi connectivity index (χ2v) is 9.58. The van der Waals surface area contributed by atoms with E-state index in [1.165, 1.54) is 11.1 Å². The lowest BCUT2D eigenvalue weighted by Crippen LogP contribution is -2.47. The van der Waals surface area contributed by atoms with Crippen LogP contribution in [0.1, 0.15) is 57.7 Å². The van der Waals surface area contributed by atoms with Gasteiger partial charge < -0.3 is 11.1 Å². The summed E-state index contributed by atoms with van der Waals surface area (Å²) in [5.41, 5.74) is 12.0. The Balaban J connectivity index is 1.79. The standard InChI is InChI=1S/C30H39N3O/c1-5-9-24-12-14-26(15-13-24)27-16-18-29(19-17-27)33(21-28(31)20-22(2)3)30(34)32-23(4)25-10-7-6-8-11-25/h6-8,10-19,22-23,28H,5,9,20-21,31H2,1-4H3,(H,32,34)/t23-,28+/m0/s1. The van der Waals surface area contributed by atoms with Crippen molar-refractivity contribution in [2.24, 2.45) is 11.7 Å². The van der Waals surface area contributed by atoms with Crippen molar-refractivity contribution < 1.29 is 4.79 Å². The number of carbonyl (C=O) groups is 1. The summed E-state index contributed by atoms with van der Waals surface area (Å²) in [6, 6.07) is 26.6. The van der Waals surface area contributed by atoms with E-state index in [0.29, 0.717) is 12.5 Å². The fourth-order valence-corrected chi connectivity index (χ4v) is 4.29. The van der Waals surface area contributed by atoms with Crippen LogP contribution in [-0.2, 0) is 6.42 Å². The Labute approximate surface area is 205 Å². The first kappa shape index (κ1) is 25.5. The number of carbonyl (C=O) groups excluding carboxylic acids is 1. The minimum absolute atomic E-state index is 0.0939. The Morgan fingerprint density at radius 1 is 0.882 bits per heavy atom. The van der Waals surface area contributed by atoms with Crippen LogP contribution in [0.5, 0.6) is 0 Å². The second-order valence-electron chi connectivity index (χ2n) is 9.58. The summed E-state index contributed by atoms with van der Waals surface area (Å²) >= 11 is 0. The number of hydrogen-bond donors (Lipinski definition) is 2. The highest BCUT2D eigenvalue weighted by molar-refractivity contribution is 5.92. The molecule has 0 saturated heterocycles. The molecule has 2 atom stereocenters. The normalized spacial score (nSPS) is 12.9. The molecule has 3 N–H and O–H groups in total. The molecule has 0 heterocycles. The van der Waals surface area contributed by atoms with Crippen LogP contribution in [0.2, 0.25) is 0 Å². The Morgan fingerprint density at radius 2 is 1.47 bits per heavy atom. The summed E-state index contributed by atoms with van der Waals surface area (Å²) in [6.45, 7) is 8.98. The minimum Gasteiger partial charge on any atom is -0.331 e. The maximum absolute atomic E-state index is 13.4. The van der Waals surface area contributed by atoms with Crippen LogP contribution in [-0.4, -0.2) is 18.6 Å². The Bertz CT molecular complexity index is 1010. The first-order valence-electron chi connectivity index (χ1n) is 12.4. The quantitative estimate of drug-likeness (QED) is 0.346. The summed E-state index contributed by atoms with van der Waals surface area (Å²) < 4.78 is 0. The highest BCUT2D eigenvalue weighted by Gasteiger charge is 2.21. The minimum atomic E-state index is -0.132. The zero-order chi connectivity index (χ0) is 24.5. The molecule has 0 aliphatic heterocycles. The fourth-order valence-electron chi connectivity index (χ4n) is 4.29. The lowest BCUT2D eigenvalue weighted by molar-refractivity contribution is 0.242. The van der Waals surface area contributed by atoms with E-state index in [0.717, 1.165) is 36.1 Å². The highest BCUT2D eigenvalue weighted by Crippen LogP contribution is 2.25. The summed E-state index contributed by atoms with van der Waals surface area (Å²) in [6.07, 6.45) is 3.11. The van der Waals surface area contributed by atoms with Gasteiger partial charge in [0.2, 0.25) is 0 Å². The molecule has 0 radical (unpaired) electrons. The molecule has 0 bridgehead atoms. The molecule has 34 heavy (non-hydrogen) atoms. The van der Waals surface area contributed by atoms with Crippen molar-refractivity contribution in [3.8, 4) is 11.1 Å². The zero-order valence-electron chi connectivity index (χ0n) is 21.0. The van der Waals surface area contributed by atoms with E-state index < -0.39 is 0 Å². The smallest absolute Gasteiger partial charge is 0.322 e. The van der Waals surface area contributed by atoms with E-state index >= 15 is 0 Å². The van der Waals surface area contributed by atoms with E-state index in [9.17, 15) is 4.79 Å². The number of amides is 2.